The molecular weight excluding hydrogens is 338 g/mol. The summed E-state index contributed by atoms with van der Waals surface area (Å²) in [5.74, 6) is 0.687. The van der Waals surface area contributed by atoms with Crippen LogP contribution in [0.2, 0.25) is 0 Å². The van der Waals surface area contributed by atoms with E-state index in [0.29, 0.717) is 18.8 Å². The average Bonchev–Trinajstić information content (AvgIpc) is 2.92. The second-order valence-electron chi connectivity index (χ2n) is 4.71. The van der Waals surface area contributed by atoms with Crippen LogP contribution in [-0.2, 0) is 5.41 Å². The van der Waals surface area contributed by atoms with E-state index in [1.165, 1.54) is 11.3 Å². The molecule has 1 aromatic heterocycles. The maximum absolute atomic E-state index is 10.8. The Bertz CT molecular complexity index is 679. The molecular formula is C15H12BrNO2S. The lowest BCUT2D eigenvalue weighted by Crippen LogP contribution is -2.37. The van der Waals surface area contributed by atoms with Crippen LogP contribution < -0.4 is 4.74 Å². The van der Waals surface area contributed by atoms with E-state index in [2.05, 4.69) is 22.0 Å². The molecule has 2 aromatic rings. The Morgan fingerprint density at radius 3 is 2.90 bits per heavy atom. The number of halogens is 1. The minimum atomic E-state index is -0.956. The average molecular weight is 350 g/mol. The molecule has 20 heavy (non-hydrogen) atoms. The molecule has 2 unspecified atom stereocenters. The number of para-hydroxylation sites is 1. The third-order valence-corrected chi connectivity index (χ3v) is 5.60. The fourth-order valence-corrected chi connectivity index (χ4v) is 4.27. The highest BCUT2D eigenvalue weighted by molar-refractivity contribution is 9.10. The van der Waals surface area contributed by atoms with E-state index < -0.39 is 11.5 Å². The van der Waals surface area contributed by atoms with Crippen LogP contribution in [-0.4, -0.2) is 11.7 Å². The van der Waals surface area contributed by atoms with Gasteiger partial charge in [0.2, 0.25) is 0 Å². The molecule has 3 rings (SSSR count). The molecule has 0 amide bonds. The first kappa shape index (κ1) is 13.6. The van der Waals surface area contributed by atoms with E-state index in [9.17, 15) is 10.4 Å². The van der Waals surface area contributed by atoms with Gasteiger partial charge in [-0.1, -0.05) is 18.2 Å². The molecule has 3 nitrogen and oxygen atoms in total. The van der Waals surface area contributed by atoms with Gasteiger partial charge < -0.3 is 9.84 Å². The first-order chi connectivity index (χ1) is 9.69. The first-order valence-electron chi connectivity index (χ1n) is 6.23. The Balaban J connectivity index is 2.15. The minimum Gasteiger partial charge on any atom is -0.493 e. The van der Waals surface area contributed by atoms with Gasteiger partial charge in [0.15, 0.2) is 0 Å². The predicted molar refractivity (Wildman–Crippen MR) is 80.8 cm³/mol. The summed E-state index contributed by atoms with van der Waals surface area (Å²) in [6, 6.07) is 11.7. The third kappa shape index (κ3) is 1.96. The second kappa shape index (κ2) is 5.21. The summed E-state index contributed by atoms with van der Waals surface area (Å²) in [5, 5.41) is 22.5. The molecule has 1 N–H and O–H groups in total. The van der Waals surface area contributed by atoms with Gasteiger partial charge in [-0.25, -0.2) is 0 Å². The highest BCUT2D eigenvalue weighted by Gasteiger charge is 2.46. The summed E-state index contributed by atoms with van der Waals surface area (Å²) in [6.07, 6.45) is -0.390. The minimum absolute atomic E-state index is 0.435. The molecule has 1 aliphatic rings. The first-order valence-corrected chi connectivity index (χ1v) is 7.91. The SMILES string of the molecule is N#CC1(C(O)c2sccc2Br)CCOc2ccccc21. The van der Waals surface area contributed by atoms with Crippen molar-refractivity contribution in [2.45, 2.75) is 17.9 Å². The van der Waals surface area contributed by atoms with Crippen molar-refractivity contribution in [2.24, 2.45) is 0 Å². The predicted octanol–water partition coefficient (Wildman–Crippen LogP) is 3.79. The number of aliphatic hydroxyl groups is 1. The maximum Gasteiger partial charge on any atom is 0.124 e. The number of benzene rings is 1. The van der Waals surface area contributed by atoms with E-state index in [0.717, 1.165) is 14.9 Å². The number of thiophene rings is 1. The lowest BCUT2D eigenvalue weighted by Gasteiger charge is -2.36. The van der Waals surface area contributed by atoms with Crippen LogP contribution in [0, 0.1) is 11.3 Å². The number of hydrogen-bond donors (Lipinski definition) is 1. The number of rotatable bonds is 2. The zero-order valence-corrected chi connectivity index (χ0v) is 12.9. The molecule has 0 spiro atoms. The highest BCUT2D eigenvalue weighted by Crippen LogP contribution is 2.48. The summed E-state index contributed by atoms with van der Waals surface area (Å²) in [5.41, 5.74) is -0.191. The smallest absolute Gasteiger partial charge is 0.124 e. The normalized spacial score (nSPS) is 22.4. The van der Waals surface area contributed by atoms with Crippen LogP contribution in [0.1, 0.15) is 23.0 Å². The summed E-state index contributed by atoms with van der Waals surface area (Å²) in [7, 11) is 0. The Kier molecular flexibility index (Phi) is 3.55. The van der Waals surface area contributed by atoms with Crippen LogP contribution in [0.5, 0.6) is 5.75 Å². The van der Waals surface area contributed by atoms with Gasteiger partial charge >= 0.3 is 0 Å². The zero-order chi connectivity index (χ0) is 14.2. The summed E-state index contributed by atoms with van der Waals surface area (Å²) < 4.78 is 6.45. The number of fused-ring (bicyclic) bond motifs is 1. The molecule has 2 heterocycles. The second-order valence-corrected chi connectivity index (χ2v) is 6.52. The van der Waals surface area contributed by atoms with Crippen molar-refractivity contribution in [3.05, 3.63) is 50.6 Å². The molecule has 0 bridgehead atoms. The monoisotopic (exact) mass is 349 g/mol. The molecule has 5 heteroatoms. The molecule has 102 valence electrons. The number of nitriles is 1. The van der Waals surface area contributed by atoms with E-state index in [4.69, 9.17) is 4.74 Å². The Morgan fingerprint density at radius 1 is 1.40 bits per heavy atom. The van der Waals surface area contributed by atoms with Crippen molar-refractivity contribution in [1.29, 1.82) is 5.26 Å². The van der Waals surface area contributed by atoms with Crippen LogP contribution in [0.3, 0.4) is 0 Å². The van der Waals surface area contributed by atoms with Crippen molar-refractivity contribution in [3.8, 4) is 11.8 Å². The topological polar surface area (TPSA) is 53.2 Å². The van der Waals surface area contributed by atoms with Crippen molar-refractivity contribution >= 4 is 27.3 Å². The Labute approximate surface area is 129 Å². The van der Waals surface area contributed by atoms with E-state index in [-0.39, 0.29) is 0 Å². The number of ether oxygens (including phenoxy) is 1. The molecule has 1 aliphatic heterocycles. The standard InChI is InChI=1S/C15H12BrNO2S/c16-11-5-8-20-13(11)14(18)15(9-17)6-7-19-12-4-2-1-3-10(12)15/h1-5,8,14,18H,6-7H2. The molecule has 0 saturated heterocycles. The third-order valence-electron chi connectivity index (χ3n) is 3.68. The summed E-state index contributed by atoms with van der Waals surface area (Å²) in [4.78, 5) is 0.781. The fourth-order valence-electron chi connectivity index (χ4n) is 2.60. The quantitative estimate of drug-likeness (QED) is 0.897. The Morgan fingerprint density at radius 2 is 2.20 bits per heavy atom. The highest BCUT2D eigenvalue weighted by atomic mass is 79.9. The molecule has 0 saturated carbocycles. The molecule has 0 fully saturated rings. The molecule has 0 aliphatic carbocycles. The van der Waals surface area contributed by atoms with Gasteiger partial charge in [-0.2, -0.15) is 5.26 Å². The van der Waals surface area contributed by atoms with E-state index in [1.54, 1.807) is 0 Å². The molecule has 1 aromatic carbocycles. The van der Waals surface area contributed by atoms with Gasteiger partial charge in [0.1, 0.15) is 17.3 Å². The Hall–Kier alpha value is -1.35. The van der Waals surface area contributed by atoms with Crippen molar-refractivity contribution in [3.63, 3.8) is 0 Å². The molecule has 2 atom stereocenters. The van der Waals surface area contributed by atoms with Crippen LogP contribution in [0.15, 0.2) is 40.2 Å². The van der Waals surface area contributed by atoms with Gasteiger partial charge in [-0.05, 0) is 33.4 Å². The van der Waals surface area contributed by atoms with Crippen LogP contribution >= 0.6 is 27.3 Å². The van der Waals surface area contributed by atoms with Gasteiger partial charge in [0.05, 0.1) is 12.7 Å². The van der Waals surface area contributed by atoms with E-state index >= 15 is 0 Å². The van der Waals surface area contributed by atoms with E-state index in [1.807, 2.05) is 35.7 Å². The van der Waals surface area contributed by atoms with Crippen molar-refractivity contribution in [1.82, 2.24) is 0 Å². The number of aliphatic hydroxyl groups excluding tert-OH is 1. The van der Waals surface area contributed by atoms with Gasteiger partial charge in [-0.3, -0.25) is 0 Å². The lowest BCUT2D eigenvalue weighted by molar-refractivity contribution is 0.0829. The largest absolute Gasteiger partial charge is 0.493 e. The molecule has 0 radical (unpaired) electrons. The lowest BCUT2D eigenvalue weighted by atomic mass is 9.72. The fraction of sp³-hybridized carbons (Fsp3) is 0.267. The van der Waals surface area contributed by atoms with Gasteiger partial charge in [-0.15, -0.1) is 11.3 Å². The van der Waals surface area contributed by atoms with Gasteiger partial charge in [0.25, 0.3) is 0 Å². The van der Waals surface area contributed by atoms with Crippen molar-refractivity contribution < 1.29 is 9.84 Å². The summed E-state index contributed by atoms with van der Waals surface area (Å²) in [6.45, 7) is 0.435. The number of nitrogens with zero attached hydrogens (tertiary/aromatic N) is 1. The number of hydrogen-bond acceptors (Lipinski definition) is 4. The van der Waals surface area contributed by atoms with Crippen LogP contribution in [0.25, 0.3) is 0 Å². The summed E-state index contributed by atoms with van der Waals surface area (Å²) >= 11 is 4.89. The van der Waals surface area contributed by atoms with Crippen LogP contribution in [0.4, 0.5) is 0 Å². The zero-order valence-electron chi connectivity index (χ0n) is 10.5. The van der Waals surface area contributed by atoms with Crippen molar-refractivity contribution in [2.75, 3.05) is 6.61 Å². The van der Waals surface area contributed by atoms with Gasteiger partial charge in [0, 0.05) is 21.3 Å². The maximum atomic E-state index is 10.8.